The predicted molar refractivity (Wildman–Crippen MR) is 84.8 cm³/mol. The molecule has 0 aromatic heterocycles. The molecule has 21 heavy (non-hydrogen) atoms. The van der Waals surface area contributed by atoms with Crippen molar-refractivity contribution >= 4 is 9.84 Å². The summed E-state index contributed by atoms with van der Waals surface area (Å²) in [6.07, 6.45) is 0.727. The fourth-order valence-corrected chi connectivity index (χ4v) is 2.62. The van der Waals surface area contributed by atoms with Crippen molar-refractivity contribution in [2.45, 2.75) is 38.5 Å². The molecule has 1 atom stereocenters. The van der Waals surface area contributed by atoms with Crippen LogP contribution in [0.3, 0.4) is 0 Å². The van der Waals surface area contributed by atoms with E-state index < -0.39 is 15.1 Å². The molecule has 0 fully saturated rings. The second-order valence-electron chi connectivity index (χ2n) is 5.43. The van der Waals surface area contributed by atoms with Crippen LogP contribution in [0.15, 0.2) is 18.2 Å². The summed E-state index contributed by atoms with van der Waals surface area (Å²) in [7, 11) is -1.55. The third-order valence-electron chi connectivity index (χ3n) is 3.13. The molecular formula is C15H25NO4S. The van der Waals surface area contributed by atoms with Gasteiger partial charge in [0, 0.05) is 6.04 Å². The molecule has 0 aliphatic carbocycles. The van der Waals surface area contributed by atoms with Crippen molar-refractivity contribution < 1.29 is 17.9 Å². The summed E-state index contributed by atoms with van der Waals surface area (Å²) >= 11 is 0. The van der Waals surface area contributed by atoms with Gasteiger partial charge in [0.1, 0.15) is 6.61 Å². The van der Waals surface area contributed by atoms with Gasteiger partial charge >= 0.3 is 0 Å². The summed E-state index contributed by atoms with van der Waals surface area (Å²) in [4.78, 5) is 0. The van der Waals surface area contributed by atoms with Gasteiger partial charge in [-0.05, 0) is 44.9 Å². The van der Waals surface area contributed by atoms with E-state index in [4.69, 9.17) is 15.2 Å². The highest BCUT2D eigenvalue weighted by atomic mass is 32.2. The molecule has 1 rings (SSSR count). The molecule has 0 aliphatic heterocycles. The molecule has 0 radical (unpaired) electrons. The smallest absolute Gasteiger partial charge is 0.161 e. The Kier molecular flexibility index (Phi) is 6.48. The molecule has 2 N–H and O–H groups in total. The molecule has 0 aliphatic rings. The second kappa shape index (κ2) is 7.66. The van der Waals surface area contributed by atoms with E-state index in [1.807, 2.05) is 25.1 Å². The Balaban J connectivity index is 2.76. The maximum atomic E-state index is 11.8. The van der Waals surface area contributed by atoms with Gasteiger partial charge in [-0.3, -0.25) is 0 Å². The molecule has 120 valence electrons. The fourth-order valence-electron chi connectivity index (χ4n) is 1.84. The molecule has 0 bridgehead atoms. The Bertz CT molecular complexity index is 553. The SMILES string of the molecule is COc1ccc(CC(C)N)cc1OCCS(=O)(=O)C(C)C. The molecule has 1 aromatic rings. The number of sulfone groups is 1. The average molecular weight is 315 g/mol. The maximum absolute atomic E-state index is 11.8. The Morgan fingerprint density at radius 2 is 1.86 bits per heavy atom. The number of hydrogen-bond donors (Lipinski definition) is 1. The number of methoxy groups -OCH3 is 1. The van der Waals surface area contributed by atoms with E-state index in [2.05, 4.69) is 0 Å². The third-order valence-corrected chi connectivity index (χ3v) is 5.30. The van der Waals surface area contributed by atoms with E-state index in [0.717, 1.165) is 12.0 Å². The molecule has 6 heteroatoms. The van der Waals surface area contributed by atoms with Gasteiger partial charge in [-0.2, -0.15) is 0 Å². The Hall–Kier alpha value is -1.27. The summed E-state index contributed by atoms with van der Waals surface area (Å²) < 4.78 is 34.3. The number of benzene rings is 1. The van der Waals surface area contributed by atoms with Crippen LogP contribution in [0.2, 0.25) is 0 Å². The fraction of sp³-hybridized carbons (Fsp3) is 0.600. The van der Waals surface area contributed by atoms with E-state index in [0.29, 0.717) is 11.5 Å². The first-order valence-corrected chi connectivity index (χ1v) is 8.74. The summed E-state index contributed by atoms with van der Waals surface area (Å²) in [5, 5.41) is -0.396. The van der Waals surface area contributed by atoms with Crippen molar-refractivity contribution in [2.75, 3.05) is 19.5 Å². The molecule has 0 heterocycles. The topological polar surface area (TPSA) is 78.6 Å². The Morgan fingerprint density at radius 1 is 1.19 bits per heavy atom. The quantitative estimate of drug-likeness (QED) is 0.791. The largest absolute Gasteiger partial charge is 0.493 e. The molecular weight excluding hydrogens is 290 g/mol. The van der Waals surface area contributed by atoms with Crippen LogP contribution in [0.5, 0.6) is 11.5 Å². The van der Waals surface area contributed by atoms with Crippen molar-refractivity contribution in [1.82, 2.24) is 0 Å². The Labute approximate surface area is 127 Å². The van der Waals surface area contributed by atoms with E-state index in [1.165, 1.54) is 0 Å². The van der Waals surface area contributed by atoms with Crippen molar-refractivity contribution in [2.24, 2.45) is 5.73 Å². The summed E-state index contributed by atoms with van der Waals surface area (Å²) in [6, 6.07) is 5.64. The van der Waals surface area contributed by atoms with Gasteiger partial charge in [-0.25, -0.2) is 8.42 Å². The second-order valence-corrected chi connectivity index (χ2v) is 8.11. The van der Waals surface area contributed by atoms with Crippen molar-refractivity contribution in [3.8, 4) is 11.5 Å². The predicted octanol–water partition coefficient (Wildman–Crippen LogP) is 1.79. The first kappa shape index (κ1) is 17.8. The average Bonchev–Trinajstić information content (AvgIpc) is 2.38. The Morgan fingerprint density at radius 3 is 2.38 bits per heavy atom. The van der Waals surface area contributed by atoms with E-state index in [9.17, 15) is 8.42 Å². The number of ether oxygens (including phenoxy) is 2. The maximum Gasteiger partial charge on any atom is 0.161 e. The summed E-state index contributed by atoms with van der Waals surface area (Å²) in [5.74, 6) is 1.13. The standard InChI is InChI=1S/C15H25NO4S/c1-11(2)21(17,18)8-7-20-15-10-13(9-12(3)16)5-6-14(15)19-4/h5-6,10-12H,7-9,16H2,1-4H3. The van der Waals surface area contributed by atoms with Crippen LogP contribution in [0, 0.1) is 0 Å². The summed E-state index contributed by atoms with van der Waals surface area (Å²) in [6.45, 7) is 5.37. The minimum atomic E-state index is -3.10. The first-order valence-electron chi connectivity index (χ1n) is 7.03. The lowest BCUT2D eigenvalue weighted by Crippen LogP contribution is -2.22. The van der Waals surface area contributed by atoms with Gasteiger partial charge < -0.3 is 15.2 Å². The van der Waals surface area contributed by atoms with Crippen molar-refractivity contribution in [3.05, 3.63) is 23.8 Å². The van der Waals surface area contributed by atoms with Gasteiger partial charge in [0.25, 0.3) is 0 Å². The lowest BCUT2D eigenvalue weighted by atomic mass is 10.1. The molecule has 0 saturated heterocycles. The third kappa shape index (κ3) is 5.55. The molecule has 0 spiro atoms. The summed E-state index contributed by atoms with van der Waals surface area (Å²) in [5.41, 5.74) is 6.82. The highest BCUT2D eigenvalue weighted by Crippen LogP contribution is 2.28. The van der Waals surface area contributed by atoms with Crippen LogP contribution in [-0.4, -0.2) is 39.2 Å². The monoisotopic (exact) mass is 315 g/mol. The van der Waals surface area contributed by atoms with Gasteiger partial charge in [-0.1, -0.05) is 6.07 Å². The zero-order chi connectivity index (χ0) is 16.0. The van der Waals surface area contributed by atoms with Crippen LogP contribution in [0.4, 0.5) is 0 Å². The van der Waals surface area contributed by atoms with Gasteiger partial charge in [0.2, 0.25) is 0 Å². The van der Waals surface area contributed by atoms with Gasteiger partial charge in [0.15, 0.2) is 21.3 Å². The molecule has 5 nitrogen and oxygen atoms in total. The van der Waals surface area contributed by atoms with Crippen LogP contribution in [0.1, 0.15) is 26.3 Å². The van der Waals surface area contributed by atoms with E-state index in [-0.39, 0.29) is 18.4 Å². The highest BCUT2D eigenvalue weighted by Gasteiger charge is 2.16. The number of rotatable bonds is 8. The first-order chi connectivity index (χ1) is 9.76. The molecule has 1 unspecified atom stereocenters. The molecule has 0 amide bonds. The minimum Gasteiger partial charge on any atom is -0.493 e. The van der Waals surface area contributed by atoms with Crippen LogP contribution in [-0.2, 0) is 16.3 Å². The van der Waals surface area contributed by atoms with Crippen LogP contribution >= 0.6 is 0 Å². The van der Waals surface area contributed by atoms with Crippen molar-refractivity contribution in [3.63, 3.8) is 0 Å². The van der Waals surface area contributed by atoms with E-state index in [1.54, 1.807) is 21.0 Å². The lowest BCUT2D eigenvalue weighted by Gasteiger charge is -2.14. The zero-order valence-corrected chi connectivity index (χ0v) is 13.9. The number of nitrogens with two attached hydrogens (primary N) is 1. The molecule has 0 saturated carbocycles. The van der Waals surface area contributed by atoms with Crippen LogP contribution in [0.25, 0.3) is 0 Å². The van der Waals surface area contributed by atoms with E-state index >= 15 is 0 Å². The number of hydrogen-bond acceptors (Lipinski definition) is 5. The molecule has 1 aromatic carbocycles. The highest BCUT2D eigenvalue weighted by molar-refractivity contribution is 7.91. The lowest BCUT2D eigenvalue weighted by molar-refractivity contribution is 0.311. The van der Waals surface area contributed by atoms with Gasteiger partial charge in [-0.15, -0.1) is 0 Å². The van der Waals surface area contributed by atoms with Crippen LogP contribution < -0.4 is 15.2 Å². The zero-order valence-electron chi connectivity index (χ0n) is 13.1. The minimum absolute atomic E-state index is 0.00859. The normalized spacial score (nSPS) is 13.2. The van der Waals surface area contributed by atoms with Gasteiger partial charge in [0.05, 0.1) is 18.1 Å². The van der Waals surface area contributed by atoms with Crippen molar-refractivity contribution in [1.29, 1.82) is 0 Å².